The Hall–Kier alpha value is -3.21. The van der Waals surface area contributed by atoms with Crippen LogP contribution in [0.3, 0.4) is 0 Å². The first-order chi connectivity index (χ1) is 13.2. The fraction of sp³-hybridized carbons (Fsp3) is 0.136. The second-order valence-electron chi connectivity index (χ2n) is 6.71. The Morgan fingerprint density at radius 2 is 1.52 bits per heavy atom. The van der Waals surface area contributed by atoms with E-state index < -0.39 is 6.23 Å². The molecule has 0 saturated heterocycles. The maximum Gasteiger partial charge on any atom is 0.213 e. The molecule has 5 rings (SSSR count). The molecule has 0 unspecified atom stereocenters. The highest BCUT2D eigenvalue weighted by molar-refractivity contribution is 6.01. The maximum atomic E-state index is 13.4. The van der Waals surface area contributed by atoms with E-state index in [-0.39, 0.29) is 17.7 Å². The van der Waals surface area contributed by atoms with Crippen molar-refractivity contribution in [2.24, 2.45) is 5.10 Å². The summed E-state index contributed by atoms with van der Waals surface area (Å²) in [5.74, 6) is 0.250. The molecule has 0 bridgehead atoms. The van der Waals surface area contributed by atoms with Gasteiger partial charge in [0.25, 0.3) is 0 Å². The third-order valence-corrected chi connectivity index (χ3v) is 5.03. The number of benzene rings is 3. The summed E-state index contributed by atoms with van der Waals surface area (Å²) in [5, 5.41) is 6.72. The summed E-state index contributed by atoms with van der Waals surface area (Å²) in [6.45, 7) is 0. The van der Waals surface area contributed by atoms with Gasteiger partial charge in [-0.15, -0.1) is 0 Å². The van der Waals surface area contributed by atoms with Crippen LogP contribution in [0.5, 0.6) is 5.75 Å². The highest BCUT2D eigenvalue weighted by atomic mass is 19.1. The molecule has 0 aromatic heterocycles. The lowest BCUT2D eigenvalue weighted by molar-refractivity contribution is -0.0190. The topological polar surface area (TPSA) is 24.8 Å². The largest absolute Gasteiger partial charge is 0.464 e. The van der Waals surface area contributed by atoms with Crippen LogP contribution < -0.4 is 4.74 Å². The highest BCUT2D eigenvalue weighted by Gasteiger charge is 2.40. The lowest BCUT2D eigenvalue weighted by atomic mass is 9.96. The lowest BCUT2D eigenvalue weighted by Gasteiger charge is -2.38. The second kappa shape index (κ2) is 6.20. The van der Waals surface area contributed by atoms with E-state index in [0.29, 0.717) is 6.42 Å². The van der Waals surface area contributed by atoms with Crippen molar-refractivity contribution in [3.05, 3.63) is 101 Å². The van der Waals surface area contributed by atoms with E-state index in [2.05, 4.69) is 0 Å². The minimum absolute atomic E-state index is 0.0186. The van der Waals surface area contributed by atoms with E-state index in [1.165, 1.54) is 24.3 Å². The molecule has 3 nitrogen and oxygen atoms in total. The number of fused-ring (bicyclic) bond motifs is 3. The van der Waals surface area contributed by atoms with Gasteiger partial charge in [0.2, 0.25) is 6.23 Å². The molecule has 2 atom stereocenters. The Morgan fingerprint density at radius 1 is 0.852 bits per heavy atom. The van der Waals surface area contributed by atoms with Gasteiger partial charge >= 0.3 is 0 Å². The van der Waals surface area contributed by atoms with E-state index in [0.717, 1.165) is 28.2 Å². The second-order valence-corrected chi connectivity index (χ2v) is 6.71. The minimum atomic E-state index is -0.441. The molecule has 3 aromatic carbocycles. The zero-order valence-corrected chi connectivity index (χ0v) is 14.3. The first kappa shape index (κ1) is 16.0. The van der Waals surface area contributed by atoms with Gasteiger partial charge in [0.05, 0.1) is 11.8 Å². The van der Waals surface area contributed by atoms with Crippen LogP contribution in [0.2, 0.25) is 0 Å². The van der Waals surface area contributed by atoms with Crippen molar-refractivity contribution in [1.82, 2.24) is 5.01 Å². The predicted molar refractivity (Wildman–Crippen MR) is 98.3 cm³/mol. The van der Waals surface area contributed by atoms with Gasteiger partial charge in [-0.05, 0) is 35.9 Å². The van der Waals surface area contributed by atoms with E-state index >= 15 is 0 Å². The van der Waals surface area contributed by atoms with Crippen molar-refractivity contribution in [2.75, 3.05) is 0 Å². The van der Waals surface area contributed by atoms with Crippen molar-refractivity contribution in [2.45, 2.75) is 18.7 Å². The first-order valence-corrected chi connectivity index (χ1v) is 8.82. The van der Waals surface area contributed by atoms with Gasteiger partial charge < -0.3 is 4.74 Å². The molecular weight excluding hydrogens is 346 g/mol. The molecule has 0 aliphatic carbocycles. The minimum Gasteiger partial charge on any atom is -0.464 e. The Morgan fingerprint density at radius 3 is 2.26 bits per heavy atom. The zero-order chi connectivity index (χ0) is 18.4. The van der Waals surface area contributed by atoms with Gasteiger partial charge in [0.15, 0.2) is 0 Å². The first-order valence-electron chi connectivity index (χ1n) is 8.82. The molecule has 2 heterocycles. The molecule has 0 radical (unpaired) electrons. The molecule has 0 N–H and O–H groups in total. The fourth-order valence-electron chi connectivity index (χ4n) is 3.70. The number of hydrazone groups is 1. The Labute approximate surface area is 155 Å². The van der Waals surface area contributed by atoms with Gasteiger partial charge in [-0.3, -0.25) is 0 Å². The normalized spacial score (nSPS) is 20.5. The summed E-state index contributed by atoms with van der Waals surface area (Å²) in [4.78, 5) is 0. The third-order valence-electron chi connectivity index (χ3n) is 5.03. The molecule has 0 amide bonds. The molecular formula is C22H16F2N2O. The molecule has 0 saturated carbocycles. The maximum absolute atomic E-state index is 13.4. The number of rotatable bonds is 2. The average molecular weight is 362 g/mol. The van der Waals surface area contributed by atoms with Gasteiger partial charge in [0.1, 0.15) is 17.4 Å². The van der Waals surface area contributed by atoms with Crippen LogP contribution in [0.4, 0.5) is 8.78 Å². The molecule has 3 aromatic rings. The SMILES string of the molecule is Fc1ccc(C2=NN3[C@H](C2)c2ccccc2O[C@@H]3c2ccc(F)cc2)cc1. The van der Waals surface area contributed by atoms with Crippen LogP contribution in [-0.4, -0.2) is 10.7 Å². The van der Waals surface area contributed by atoms with Crippen molar-refractivity contribution in [3.63, 3.8) is 0 Å². The van der Waals surface area contributed by atoms with Gasteiger partial charge in [-0.1, -0.05) is 42.5 Å². The van der Waals surface area contributed by atoms with Crippen molar-refractivity contribution >= 4 is 5.71 Å². The van der Waals surface area contributed by atoms with Crippen molar-refractivity contribution in [3.8, 4) is 5.75 Å². The smallest absolute Gasteiger partial charge is 0.213 e. The Balaban J connectivity index is 1.58. The molecule has 5 heteroatoms. The van der Waals surface area contributed by atoms with Gasteiger partial charge in [0, 0.05) is 17.5 Å². The zero-order valence-electron chi connectivity index (χ0n) is 14.3. The summed E-state index contributed by atoms with van der Waals surface area (Å²) in [5.41, 5.74) is 3.67. The molecule has 0 fully saturated rings. The Kier molecular flexibility index (Phi) is 3.67. The van der Waals surface area contributed by atoms with E-state index in [9.17, 15) is 8.78 Å². The number of para-hydroxylation sites is 1. The summed E-state index contributed by atoms with van der Waals surface area (Å²) < 4.78 is 32.9. The predicted octanol–water partition coefficient (Wildman–Crippen LogP) is 5.21. The van der Waals surface area contributed by atoms with Gasteiger partial charge in [-0.25, -0.2) is 13.8 Å². The third kappa shape index (κ3) is 2.76. The van der Waals surface area contributed by atoms with E-state index in [4.69, 9.17) is 9.84 Å². The standard InChI is InChI=1S/C22H16F2N2O/c23-16-9-5-14(6-10-16)19-13-20-18-3-1-2-4-21(18)27-22(26(20)25-19)15-7-11-17(24)12-8-15/h1-12,20,22H,13H2/t20-,22-/m1/s1. The van der Waals surface area contributed by atoms with Crippen LogP contribution in [0.15, 0.2) is 77.9 Å². The van der Waals surface area contributed by atoms with Crippen molar-refractivity contribution < 1.29 is 13.5 Å². The number of hydrogen-bond donors (Lipinski definition) is 0. The molecule has 134 valence electrons. The van der Waals surface area contributed by atoms with E-state index in [1.54, 1.807) is 24.3 Å². The molecule has 27 heavy (non-hydrogen) atoms. The average Bonchev–Trinajstić information content (AvgIpc) is 3.14. The van der Waals surface area contributed by atoms with Gasteiger partial charge in [-0.2, -0.15) is 5.10 Å². The summed E-state index contributed by atoms with van der Waals surface area (Å²) in [6, 6.07) is 20.6. The number of nitrogens with zero attached hydrogens (tertiary/aromatic N) is 2. The van der Waals surface area contributed by atoms with Crippen molar-refractivity contribution in [1.29, 1.82) is 0 Å². The number of ether oxygens (including phenoxy) is 1. The summed E-state index contributed by atoms with van der Waals surface area (Å²) in [7, 11) is 0. The summed E-state index contributed by atoms with van der Waals surface area (Å²) >= 11 is 0. The lowest BCUT2D eigenvalue weighted by Crippen LogP contribution is -2.33. The Bertz CT molecular complexity index is 1020. The monoisotopic (exact) mass is 362 g/mol. The van der Waals surface area contributed by atoms with Crippen LogP contribution in [0, 0.1) is 11.6 Å². The van der Waals surface area contributed by atoms with Crippen LogP contribution in [0.25, 0.3) is 0 Å². The van der Waals surface area contributed by atoms with Crippen LogP contribution in [-0.2, 0) is 0 Å². The quantitative estimate of drug-likeness (QED) is 0.625. The highest BCUT2D eigenvalue weighted by Crippen LogP contribution is 2.47. The molecule has 2 aliphatic heterocycles. The van der Waals surface area contributed by atoms with Crippen LogP contribution in [0.1, 0.15) is 35.4 Å². The van der Waals surface area contributed by atoms with E-state index in [1.807, 2.05) is 29.3 Å². The van der Waals surface area contributed by atoms with Crippen LogP contribution >= 0.6 is 0 Å². The summed E-state index contributed by atoms with van der Waals surface area (Å²) in [6.07, 6.45) is 0.257. The number of hydrogen-bond acceptors (Lipinski definition) is 3. The fourth-order valence-corrected chi connectivity index (χ4v) is 3.70. The molecule has 0 spiro atoms. The number of halogens is 2. The molecule has 2 aliphatic rings.